The van der Waals surface area contributed by atoms with E-state index in [-0.39, 0.29) is 0 Å². The van der Waals surface area contributed by atoms with Gasteiger partial charge in [-0.05, 0) is 36.3 Å². The number of nitrogens with zero attached hydrogens (tertiary/aromatic N) is 1. The van der Waals surface area contributed by atoms with Crippen molar-refractivity contribution in [2.75, 3.05) is 5.73 Å². The van der Waals surface area contributed by atoms with Crippen LogP contribution in [0.3, 0.4) is 0 Å². The molecule has 2 N–H and O–H groups in total. The first-order chi connectivity index (χ1) is 5.65. The fourth-order valence-electron chi connectivity index (χ4n) is 1.01. The number of hydrogen-bond donors (Lipinski definition) is 1. The quantitative estimate of drug-likeness (QED) is 0.637. The van der Waals surface area contributed by atoms with Crippen LogP contribution in [0.2, 0.25) is 0 Å². The Bertz CT molecular complexity index is 359. The Labute approximate surface area is 71.9 Å². The molecule has 0 spiro atoms. The minimum absolute atomic E-state index is 0.622. The summed E-state index contributed by atoms with van der Waals surface area (Å²) in [7, 11) is 0. The zero-order valence-corrected chi connectivity index (χ0v) is 6.96. The molecule has 1 aromatic rings. The van der Waals surface area contributed by atoms with Gasteiger partial charge >= 0.3 is 0 Å². The SMILES string of the molecule is C=C(C)c1cc(N)ccc1C#N. The van der Waals surface area contributed by atoms with Gasteiger partial charge in [-0.3, -0.25) is 0 Å². The van der Waals surface area contributed by atoms with Crippen LogP contribution in [0.25, 0.3) is 5.57 Å². The normalized spacial score (nSPS) is 9.00. The van der Waals surface area contributed by atoms with E-state index < -0.39 is 0 Å². The van der Waals surface area contributed by atoms with Crippen molar-refractivity contribution in [3.8, 4) is 6.07 Å². The summed E-state index contributed by atoms with van der Waals surface area (Å²) in [5.74, 6) is 0. The molecule has 12 heavy (non-hydrogen) atoms. The van der Waals surface area contributed by atoms with Crippen LogP contribution in [-0.2, 0) is 0 Å². The Morgan fingerprint density at radius 1 is 1.58 bits per heavy atom. The van der Waals surface area contributed by atoms with E-state index in [1.165, 1.54) is 0 Å². The molecule has 0 saturated carbocycles. The summed E-state index contributed by atoms with van der Waals surface area (Å²) < 4.78 is 0. The van der Waals surface area contributed by atoms with Gasteiger partial charge in [-0.1, -0.05) is 6.58 Å². The molecule has 0 aromatic heterocycles. The molecule has 0 unspecified atom stereocenters. The molecule has 1 rings (SSSR count). The Hall–Kier alpha value is -1.75. The average molecular weight is 158 g/mol. The van der Waals surface area contributed by atoms with Crippen molar-refractivity contribution in [2.45, 2.75) is 6.92 Å². The molecule has 0 saturated heterocycles. The highest BCUT2D eigenvalue weighted by Crippen LogP contribution is 2.19. The van der Waals surface area contributed by atoms with Gasteiger partial charge in [-0.2, -0.15) is 5.26 Å². The van der Waals surface area contributed by atoms with Gasteiger partial charge in [0, 0.05) is 5.69 Å². The van der Waals surface area contributed by atoms with Gasteiger partial charge in [-0.15, -0.1) is 0 Å². The fraction of sp³-hybridized carbons (Fsp3) is 0.100. The number of nitrogen functional groups attached to an aromatic ring is 1. The van der Waals surface area contributed by atoms with Crippen molar-refractivity contribution in [3.63, 3.8) is 0 Å². The zero-order chi connectivity index (χ0) is 9.14. The number of nitriles is 1. The standard InChI is InChI=1S/C10H10N2/c1-7(2)10-5-9(12)4-3-8(10)6-11/h3-5H,1,12H2,2H3. The summed E-state index contributed by atoms with van der Waals surface area (Å²) >= 11 is 0. The van der Waals surface area contributed by atoms with Gasteiger partial charge in [0.25, 0.3) is 0 Å². The molecule has 0 radical (unpaired) electrons. The summed E-state index contributed by atoms with van der Waals surface area (Å²) in [4.78, 5) is 0. The Morgan fingerprint density at radius 2 is 2.25 bits per heavy atom. The molecule has 2 heteroatoms. The van der Waals surface area contributed by atoms with Crippen molar-refractivity contribution in [3.05, 3.63) is 35.9 Å². The number of nitrogens with two attached hydrogens (primary N) is 1. The molecular formula is C10H10N2. The molecule has 0 fully saturated rings. The molecule has 60 valence electrons. The molecule has 1 aromatic carbocycles. The first kappa shape index (κ1) is 8.35. The minimum Gasteiger partial charge on any atom is -0.399 e. The second-order valence-electron chi connectivity index (χ2n) is 2.70. The Kier molecular flexibility index (Phi) is 2.16. The molecule has 2 nitrogen and oxygen atoms in total. The van der Waals surface area contributed by atoms with Crippen molar-refractivity contribution < 1.29 is 0 Å². The van der Waals surface area contributed by atoms with E-state index in [1.54, 1.807) is 18.2 Å². The summed E-state index contributed by atoms with van der Waals surface area (Å²) in [6.45, 7) is 5.63. The van der Waals surface area contributed by atoms with Crippen LogP contribution in [0, 0.1) is 11.3 Å². The lowest BCUT2D eigenvalue weighted by Crippen LogP contribution is -1.90. The first-order valence-electron chi connectivity index (χ1n) is 3.60. The highest BCUT2D eigenvalue weighted by atomic mass is 14.5. The maximum atomic E-state index is 8.73. The van der Waals surface area contributed by atoms with E-state index in [9.17, 15) is 0 Å². The van der Waals surface area contributed by atoms with Gasteiger partial charge in [0.05, 0.1) is 11.6 Å². The van der Waals surface area contributed by atoms with Crippen LogP contribution in [0.1, 0.15) is 18.1 Å². The fourth-order valence-corrected chi connectivity index (χ4v) is 1.01. The van der Waals surface area contributed by atoms with Crippen LogP contribution in [0.15, 0.2) is 24.8 Å². The lowest BCUT2D eigenvalue weighted by Gasteiger charge is -2.03. The third-order valence-corrected chi connectivity index (χ3v) is 1.62. The number of benzene rings is 1. The van der Waals surface area contributed by atoms with Crippen LogP contribution in [-0.4, -0.2) is 0 Å². The maximum Gasteiger partial charge on any atom is 0.0998 e. The van der Waals surface area contributed by atoms with Crippen molar-refractivity contribution >= 4 is 11.3 Å². The predicted octanol–water partition coefficient (Wildman–Crippen LogP) is 2.17. The highest BCUT2D eigenvalue weighted by molar-refractivity contribution is 5.70. The smallest absolute Gasteiger partial charge is 0.0998 e. The number of allylic oxidation sites excluding steroid dienone is 1. The second-order valence-corrected chi connectivity index (χ2v) is 2.70. The lowest BCUT2D eigenvalue weighted by molar-refractivity contribution is 1.45. The van der Waals surface area contributed by atoms with Gasteiger partial charge < -0.3 is 5.73 Å². The van der Waals surface area contributed by atoms with Gasteiger partial charge in [-0.25, -0.2) is 0 Å². The molecule has 0 atom stereocenters. The van der Waals surface area contributed by atoms with Crippen LogP contribution in [0.5, 0.6) is 0 Å². The van der Waals surface area contributed by atoms with Gasteiger partial charge in [0.2, 0.25) is 0 Å². The number of anilines is 1. The molecular weight excluding hydrogens is 148 g/mol. The zero-order valence-electron chi connectivity index (χ0n) is 6.96. The van der Waals surface area contributed by atoms with Crippen LogP contribution in [0.4, 0.5) is 5.69 Å². The molecule has 0 heterocycles. The first-order valence-corrected chi connectivity index (χ1v) is 3.60. The van der Waals surface area contributed by atoms with E-state index in [0.717, 1.165) is 11.1 Å². The molecule has 0 aliphatic carbocycles. The van der Waals surface area contributed by atoms with Crippen molar-refractivity contribution in [2.24, 2.45) is 0 Å². The monoisotopic (exact) mass is 158 g/mol. The predicted molar refractivity (Wildman–Crippen MR) is 50.3 cm³/mol. The third kappa shape index (κ3) is 1.46. The average Bonchev–Trinajstić information content (AvgIpc) is 2.04. The van der Waals surface area contributed by atoms with Crippen molar-refractivity contribution in [1.82, 2.24) is 0 Å². The van der Waals surface area contributed by atoms with Crippen molar-refractivity contribution in [1.29, 1.82) is 5.26 Å². The summed E-state index contributed by atoms with van der Waals surface area (Å²) in [6.07, 6.45) is 0. The Balaban J connectivity index is 3.34. The van der Waals surface area contributed by atoms with E-state index in [0.29, 0.717) is 11.3 Å². The third-order valence-electron chi connectivity index (χ3n) is 1.62. The largest absolute Gasteiger partial charge is 0.399 e. The van der Waals surface area contributed by atoms with E-state index in [4.69, 9.17) is 11.0 Å². The summed E-state index contributed by atoms with van der Waals surface area (Å²) in [6, 6.07) is 7.27. The molecule has 0 aliphatic rings. The number of rotatable bonds is 1. The minimum atomic E-state index is 0.622. The lowest BCUT2D eigenvalue weighted by atomic mass is 10.0. The van der Waals surface area contributed by atoms with Gasteiger partial charge in [0.1, 0.15) is 0 Å². The van der Waals surface area contributed by atoms with E-state index in [1.807, 2.05) is 6.92 Å². The number of hydrogen-bond acceptors (Lipinski definition) is 2. The second kappa shape index (κ2) is 3.10. The topological polar surface area (TPSA) is 49.8 Å². The van der Waals surface area contributed by atoms with Crippen LogP contribution >= 0.6 is 0 Å². The molecule has 0 amide bonds. The highest BCUT2D eigenvalue weighted by Gasteiger charge is 2.01. The summed E-state index contributed by atoms with van der Waals surface area (Å²) in [5, 5.41) is 8.73. The molecule has 0 aliphatic heterocycles. The van der Waals surface area contributed by atoms with Gasteiger partial charge in [0.15, 0.2) is 0 Å². The summed E-state index contributed by atoms with van der Waals surface area (Å²) in [5.41, 5.74) is 8.54. The maximum absolute atomic E-state index is 8.73. The van der Waals surface area contributed by atoms with E-state index >= 15 is 0 Å². The van der Waals surface area contributed by atoms with E-state index in [2.05, 4.69) is 12.6 Å². The van der Waals surface area contributed by atoms with Crippen LogP contribution < -0.4 is 5.73 Å². The molecule has 0 bridgehead atoms. The Morgan fingerprint density at radius 3 is 2.75 bits per heavy atom.